The van der Waals surface area contributed by atoms with Crippen molar-refractivity contribution in [1.29, 1.82) is 0 Å². The van der Waals surface area contributed by atoms with Crippen molar-refractivity contribution in [3.8, 4) is 5.75 Å². The van der Waals surface area contributed by atoms with Crippen LogP contribution in [0.15, 0.2) is 30.3 Å². The fourth-order valence-corrected chi connectivity index (χ4v) is 2.79. The minimum Gasteiger partial charge on any atom is -0.494 e. The Morgan fingerprint density at radius 1 is 1.21 bits per heavy atom. The van der Waals surface area contributed by atoms with Gasteiger partial charge in [0.05, 0.1) is 13.0 Å². The lowest BCUT2D eigenvalue weighted by Crippen LogP contribution is -2.28. The molecule has 1 aliphatic rings. The zero-order chi connectivity index (χ0) is 20.1. The van der Waals surface area contributed by atoms with E-state index in [9.17, 15) is 18.0 Å². The molecule has 1 heterocycles. The number of ether oxygens (including phenoxy) is 1. The lowest BCUT2D eigenvalue weighted by atomic mass is 10.1. The number of carbonyl (C=O) groups excluding carboxylic acids is 1. The van der Waals surface area contributed by atoms with Gasteiger partial charge >= 0.3 is 6.18 Å². The first-order chi connectivity index (χ1) is 13.3. The fraction of sp³-hybridized carbons (Fsp3) is 0.450. The molecule has 1 aromatic heterocycles. The lowest BCUT2D eigenvalue weighted by Gasteiger charge is -2.11. The SMILES string of the molecule is CCOc1ccc(CC(=O)NCCc2nc(C3CC3)cc(C(F)(F)F)n2)cc1. The van der Waals surface area contributed by atoms with Gasteiger partial charge in [-0.3, -0.25) is 4.79 Å². The van der Waals surface area contributed by atoms with Gasteiger partial charge in [-0.25, -0.2) is 9.97 Å². The summed E-state index contributed by atoms with van der Waals surface area (Å²) in [7, 11) is 0. The molecular weight excluding hydrogens is 371 g/mol. The molecule has 5 nitrogen and oxygen atoms in total. The molecule has 0 aliphatic heterocycles. The smallest absolute Gasteiger partial charge is 0.433 e. The van der Waals surface area contributed by atoms with E-state index in [-0.39, 0.29) is 37.0 Å². The van der Waals surface area contributed by atoms with Crippen molar-refractivity contribution in [2.24, 2.45) is 0 Å². The van der Waals surface area contributed by atoms with Crippen LogP contribution in [0.1, 0.15) is 48.5 Å². The normalized spacial score (nSPS) is 14.0. The van der Waals surface area contributed by atoms with Crippen LogP contribution in [0.4, 0.5) is 13.2 Å². The van der Waals surface area contributed by atoms with E-state index in [4.69, 9.17) is 4.74 Å². The van der Waals surface area contributed by atoms with Gasteiger partial charge in [-0.2, -0.15) is 13.2 Å². The predicted molar refractivity (Wildman–Crippen MR) is 97.0 cm³/mol. The van der Waals surface area contributed by atoms with Crippen molar-refractivity contribution < 1.29 is 22.7 Å². The molecule has 0 unspecified atom stereocenters. The van der Waals surface area contributed by atoms with E-state index in [1.807, 2.05) is 19.1 Å². The average molecular weight is 393 g/mol. The van der Waals surface area contributed by atoms with E-state index in [1.165, 1.54) is 0 Å². The highest BCUT2D eigenvalue weighted by atomic mass is 19.4. The van der Waals surface area contributed by atoms with E-state index >= 15 is 0 Å². The third kappa shape index (κ3) is 5.68. The van der Waals surface area contributed by atoms with E-state index < -0.39 is 11.9 Å². The van der Waals surface area contributed by atoms with Gasteiger partial charge in [0.1, 0.15) is 17.3 Å². The number of carbonyl (C=O) groups is 1. The number of hydrogen-bond acceptors (Lipinski definition) is 4. The predicted octanol–water partition coefficient (Wildman–Crippen LogP) is 3.67. The molecule has 3 rings (SSSR count). The molecule has 1 aliphatic carbocycles. The third-order valence-corrected chi connectivity index (χ3v) is 4.35. The zero-order valence-electron chi connectivity index (χ0n) is 15.6. The average Bonchev–Trinajstić information content (AvgIpc) is 3.48. The summed E-state index contributed by atoms with van der Waals surface area (Å²) in [5, 5.41) is 2.71. The minimum absolute atomic E-state index is 0.0945. The summed E-state index contributed by atoms with van der Waals surface area (Å²) in [6.45, 7) is 2.64. The molecule has 0 saturated heterocycles. The topological polar surface area (TPSA) is 64.1 Å². The Labute approximate surface area is 161 Å². The number of hydrogen-bond donors (Lipinski definition) is 1. The highest BCUT2D eigenvalue weighted by Crippen LogP contribution is 2.40. The molecule has 0 radical (unpaired) electrons. The van der Waals surface area contributed by atoms with Crippen LogP contribution in [-0.4, -0.2) is 29.0 Å². The van der Waals surface area contributed by atoms with Crippen LogP contribution in [0.2, 0.25) is 0 Å². The number of rotatable bonds is 8. The van der Waals surface area contributed by atoms with Gasteiger partial charge in [-0.1, -0.05) is 12.1 Å². The number of aromatic nitrogens is 2. The van der Waals surface area contributed by atoms with Crippen LogP contribution in [0.25, 0.3) is 0 Å². The largest absolute Gasteiger partial charge is 0.494 e. The molecule has 0 bridgehead atoms. The minimum atomic E-state index is -4.50. The highest BCUT2D eigenvalue weighted by Gasteiger charge is 2.35. The first-order valence-corrected chi connectivity index (χ1v) is 9.28. The number of benzene rings is 1. The lowest BCUT2D eigenvalue weighted by molar-refractivity contribution is -0.141. The molecule has 1 aromatic carbocycles. The second-order valence-electron chi connectivity index (χ2n) is 6.72. The fourth-order valence-electron chi connectivity index (χ4n) is 2.79. The third-order valence-electron chi connectivity index (χ3n) is 4.35. The second-order valence-corrected chi connectivity index (χ2v) is 6.72. The van der Waals surface area contributed by atoms with E-state index in [0.717, 1.165) is 30.2 Å². The van der Waals surface area contributed by atoms with Crippen LogP contribution in [0, 0.1) is 0 Å². The zero-order valence-corrected chi connectivity index (χ0v) is 15.6. The summed E-state index contributed by atoms with van der Waals surface area (Å²) in [6.07, 6.45) is -2.46. The van der Waals surface area contributed by atoms with Crippen molar-refractivity contribution in [2.45, 2.75) is 44.7 Å². The molecule has 2 aromatic rings. The Kier molecular flexibility index (Phi) is 6.16. The molecule has 1 N–H and O–H groups in total. The van der Waals surface area contributed by atoms with Gasteiger partial charge < -0.3 is 10.1 Å². The Hall–Kier alpha value is -2.64. The maximum absolute atomic E-state index is 13.0. The van der Waals surface area contributed by atoms with Gasteiger partial charge in [0, 0.05) is 24.6 Å². The Balaban J connectivity index is 1.54. The number of amides is 1. The van der Waals surface area contributed by atoms with Crippen molar-refractivity contribution in [3.05, 3.63) is 53.1 Å². The summed E-state index contributed by atoms with van der Waals surface area (Å²) in [5.74, 6) is 0.730. The first-order valence-electron chi connectivity index (χ1n) is 9.28. The summed E-state index contributed by atoms with van der Waals surface area (Å²) >= 11 is 0. The van der Waals surface area contributed by atoms with Crippen molar-refractivity contribution in [3.63, 3.8) is 0 Å². The van der Waals surface area contributed by atoms with E-state index in [0.29, 0.717) is 12.3 Å². The van der Waals surface area contributed by atoms with Crippen molar-refractivity contribution in [2.75, 3.05) is 13.2 Å². The van der Waals surface area contributed by atoms with E-state index in [2.05, 4.69) is 15.3 Å². The van der Waals surface area contributed by atoms with Crippen LogP contribution < -0.4 is 10.1 Å². The number of nitrogens with zero attached hydrogens (tertiary/aromatic N) is 2. The van der Waals surface area contributed by atoms with Crippen LogP contribution in [-0.2, 0) is 23.8 Å². The number of halogens is 3. The summed E-state index contributed by atoms with van der Waals surface area (Å²) in [4.78, 5) is 19.9. The summed E-state index contributed by atoms with van der Waals surface area (Å²) in [6, 6.07) is 8.24. The Bertz CT molecular complexity index is 818. The highest BCUT2D eigenvalue weighted by molar-refractivity contribution is 5.78. The van der Waals surface area contributed by atoms with Gasteiger partial charge in [0.2, 0.25) is 5.91 Å². The van der Waals surface area contributed by atoms with Gasteiger partial charge in [-0.05, 0) is 43.5 Å². The molecule has 8 heteroatoms. The van der Waals surface area contributed by atoms with Gasteiger partial charge in [0.25, 0.3) is 0 Å². The molecule has 1 fully saturated rings. The maximum Gasteiger partial charge on any atom is 0.433 e. The van der Waals surface area contributed by atoms with Crippen molar-refractivity contribution >= 4 is 5.91 Å². The van der Waals surface area contributed by atoms with Crippen molar-refractivity contribution in [1.82, 2.24) is 15.3 Å². The number of alkyl halides is 3. The van der Waals surface area contributed by atoms with E-state index in [1.54, 1.807) is 12.1 Å². The van der Waals surface area contributed by atoms with Crippen LogP contribution >= 0.6 is 0 Å². The Morgan fingerprint density at radius 3 is 2.54 bits per heavy atom. The quantitative estimate of drug-likeness (QED) is 0.743. The van der Waals surface area contributed by atoms with Crippen LogP contribution in [0.5, 0.6) is 5.75 Å². The molecular formula is C20H22F3N3O2. The van der Waals surface area contributed by atoms with Gasteiger partial charge in [-0.15, -0.1) is 0 Å². The molecule has 0 atom stereocenters. The second kappa shape index (κ2) is 8.58. The Morgan fingerprint density at radius 2 is 1.93 bits per heavy atom. The monoisotopic (exact) mass is 393 g/mol. The molecule has 1 saturated carbocycles. The van der Waals surface area contributed by atoms with Crippen LogP contribution in [0.3, 0.4) is 0 Å². The summed E-state index contributed by atoms with van der Waals surface area (Å²) in [5.41, 5.74) is 0.352. The first kappa shape index (κ1) is 20.1. The molecule has 28 heavy (non-hydrogen) atoms. The number of nitrogens with one attached hydrogen (secondary N) is 1. The standard InChI is InChI=1S/C20H22F3N3O2/c1-2-28-15-7-3-13(4-8-15)11-19(27)24-10-9-18-25-16(14-5-6-14)12-17(26-18)20(21,22)23/h3-4,7-8,12,14H,2,5-6,9-11H2,1H3,(H,24,27). The molecule has 0 spiro atoms. The van der Waals surface area contributed by atoms with Gasteiger partial charge in [0.15, 0.2) is 0 Å². The summed E-state index contributed by atoms with van der Waals surface area (Å²) < 4.78 is 44.4. The maximum atomic E-state index is 13.0. The molecule has 150 valence electrons. The molecule has 1 amide bonds.